The first kappa shape index (κ1) is 18.8. The fourth-order valence-corrected chi connectivity index (χ4v) is 3.15. The highest BCUT2D eigenvalue weighted by atomic mass is 79.9. The molecule has 0 radical (unpaired) electrons. The van der Waals surface area contributed by atoms with Crippen molar-refractivity contribution >= 4 is 45.8 Å². The first-order valence-corrected chi connectivity index (χ1v) is 8.04. The second-order valence-corrected chi connectivity index (χ2v) is 7.26. The number of hydrogen-bond donors (Lipinski definition) is 2. The molecule has 0 aromatic heterocycles. The van der Waals surface area contributed by atoms with E-state index in [1.54, 1.807) is 12.1 Å². The largest absolute Gasteiger partial charge is 0.350 e. The molecule has 0 aliphatic carbocycles. The number of amides is 1. The van der Waals surface area contributed by atoms with Gasteiger partial charge in [0.1, 0.15) is 0 Å². The maximum absolute atomic E-state index is 12.2. The maximum atomic E-state index is 12.2. The molecule has 1 heterocycles. The molecule has 1 aliphatic rings. The lowest BCUT2D eigenvalue weighted by Gasteiger charge is -2.39. The molecule has 0 saturated carbocycles. The average Bonchev–Trinajstić information content (AvgIpc) is 2.39. The molecule has 1 aliphatic heterocycles. The van der Waals surface area contributed by atoms with Crippen LogP contribution in [0.3, 0.4) is 0 Å². The molecule has 1 saturated heterocycles. The monoisotopic (exact) mass is 394 g/mol. The number of carbonyl (C=O) groups excluding carboxylic acids is 1. The third-order valence-corrected chi connectivity index (χ3v) is 4.79. The molecule has 1 atom stereocenters. The Balaban J connectivity index is 0.00000220. The highest BCUT2D eigenvalue weighted by molar-refractivity contribution is 9.10. The van der Waals surface area contributed by atoms with Crippen molar-refractivity contribution < 1.29 is 4.79 Å². The third kappa shape index (κ3) is 4.85. The van der Waals surface area contributed by atoms with Crippen molar-refractivity contribution in [1.82, 2.24) is 10.6 Å². The lowest BCUT2D eigenvalue weighted by atomic mass is 9.77. The molecule has 1 fully saturated rings. The molecule has 0 bridgehead atoms. The summed E-state index contributed by atoms with van der Waals surface area (Å²) in [5.74, 6) is -0.125. The van der Waals surface area contributed by atoms with Gasteiger partial charge in [-0.05, 0) is 43.0 Å². The first-order chi connectivity index (χ1) is 9.40. The van der Waals surface area contributed by atoms with Crippen LogP contribution in [0.2, 0.25) is 5.02 Å². The summed E-state index contributed by atoms with van der Waals surface area (Å²) in [6, 6.07) is 5.59. The zero-order chi connectivity index (χ0) is 14.8. The van der Waals surface area contributed by atoms with Gasteiger partial charge in [-0.1, -0.05) is 41.4 Å². The van der Waals surface area contributed by atoms with Crippen LogP contribution in [-0.2, 0) is 0 Å². The number of halogens is 3. The molecule has 1 aromatic carbocycles. The van der Waals surface area contributed by atoms with E-state index in [0.717, 1.165) is 11.0 Å². The number of hydrogen-bond acceptors (Lipinski definition) is 2. The Morgan fingerprint density at radius 1 is 1.52 bits per heavy atom. The zero-order valence-corrected chi connectivity index (χ0v) is 15.4. The smallest absolute Gasteiger partial charge is 0.252 e. The molecule has 3 nitrogen and oxygen atoms in total. The van der Waals surface area contributed by atoms with E-state index >= 15 is 0 Å². The van der Waals surface area contributed by atoms with Gasteiger partial charge in [0.15, 0.2) is 0 Å². The Labute approximate surface area is 145 Å². The van der Waals surface area contributed by atoms with Crippen molar-refractivity contribution in [3.63, 3.8) is 0 Å². The Morgan fingerprint density at radius 2 is 2.24 bits per heavy atom. The number of carbonyl (C=O) groups is 1. The van der Waals surface area contributed by atoms with Gasteiger partial charge in [0.25, 0.3) is 5.91 Å². The normalized spacial score (nSPS) is 20.5. The van der Waals surface area contributed by atoms with E-state index in [0.29, 0.717) is 23.2 Å². The average molecular weight is 396 g/mol. The lowest BCUT2D eigenvalue weighted by molar-refractivity contribution is 0.0929. The highest BCUT2D eigenvalue weighted by Gasteiger charge is 2.32. The minimum Gasteiger partial charge on any atom is -0.350 e. The van der Waals surface area contributed by atoms with Gasteiger partial charge >= 0.3 is 0 Å². The van der Waals surface area contributed by atoms with Crippen molar-refractivity contribution in [2.24, 2.45) is 5.41 Å². The van der Waals surface area contributed by atoms with E-state index in [2.05, 4.69) is 40.4 Å². The van der Waals surface area contributed by atoms with Crippen molar-refractivity contribution in [1.29, 1.82) is 0 Å². The number of rotatable bonds is 3. The predicted octanol–water partition coefficient (Wildman–Crippen LogP) is 4.03. The molecule has 2 rings (SSSR count). The number of nitrogens with one attached hydrogen (secondary N) is 2. The minimum absolute atomic E-state index is 0. The van der Waals surface area contributed by atoms with E-state index in [1.807, 2.05) is 6.07 Å². The standard InChI is InChI=1S/C15H20BrClN2O.ClH/c1-15(2)6-3-7-18-13(15)9-19-14(20)11-8-10(16)4-5-12(11)17;/h4-5,8,13,18H,3,6-7,9H2,1-2H3,(H,19,20);1H. The van der Waals surface area contributed by atoms with Crippen LogP contribution in [0.1, 0.15) is 37.0 Å². The van der Waals surface area contributed by atoms with Crippen molar-refractivity contribution in [2.45, 2.75) is 32.7 Å². The van der Waals surface area contributed by atoms with E-state index in [4.69, 9.17) is 11.6 Å². The molecule has 6 heteroatoms. The van der Waals surface area contributed by atoms with E-state index in [9.17, 15) is 4.79 Å². The van der Waals surface area contributed by atoms with Crippen LogP contribution >= 0.6 is 39.9 Å². The Bertz CT molecular complexity index is 508. The van der Waals surface area contributed by atoms with Crippen LogP contribution in [0.25, 0.3) is 0 Å². The van der Waals surface area contributed by atoms with Gasteiger partial charge in [0.2, 0.25) is 0 Å². The molecule has 0 spiro atoms. The lowest BCUT2D eigenvalue weighted by Crippen LogP contribution is -2.52. The SMILES string of the molecule is CC1(C)CCCNC1CNC(=O)c1cc(Br)ccc1Cl.Cl. The van der Waals surface area contributed by atoms with Crippen molar-refractivity contribution in [2.75, 3.05) is 13.1 Å². The van der Waals surface area contributed by atoms with Crippen LogP contribution in [-0.4, -0.2) is 25.0 Å². The molecule has 2 N–H and O–H groups in total. The highest BCUT2D eigenvalue weighted by Crippen LogP contribution is 2.29. The third-order valence-electron chi connectivity index (χ3n) is 3.97. The van der Waals surface area contributed by atoms with Crippen LogP contribution in [0.15, 0.2) is 22.7 Å². The number of benzene rings is 1. The summed E-state index contributed by atoms with van der Waals surface area (Å²) < 4.78 is 0.850. The van der Waals surface area contributed by atoms with E-state index in [1.165, 1.54) is 12.8 Å². The summed E-state index contributed by atoms with van der Waals surface area (Å²) in [7, 11) is 0. The van der Waals surface area contributed by atoms with Gasteiger partial charge in [0, 0.05) is 17.1 Å². The maximum Gasteiger partial charge on any atom is 0.252 e. The number of piperidine rings is 1. The minimum atomic E-state index is -0.125. The zero-order valence-electron chi connectivity index (χ0n) is 12.2. The molecule has 118 valence electrons. The summed E-state index contributed by atoms with van der Waals surface area (Å²) in [5, 5.41) is 6.94. The summed E-state index contributed by atoms with van der Waals surface area (Å²) >= 11 is 9.43. The van der Waals surface area contributed by atoms with Crippen LogP contribution in [0, 0.1) is 5.41 Å². The summed E-state index contributed by atoms with van der Waals surface area (Å²) in [6.07, 6.45) is 2.37. The predicted molar refractivity (Wildman–Crippen MR) is 93.5 cm³/mol. The topological polar surface area (TPSA) is 41.1 Å². The van der Waals surface area contributed by atoms with Gasteiger partial charge in [-0.3, -0.25) is 4.79 Å². The first-order valence-electron chi connectivity index (χ1n) is 6.87. The fourth-order valence-electron chi connectivity index (χ4n) is 2.58. The van der Waals surface area contributed by atoms with E-state index < -0.39 is 0 Å². The Hall–Kier alpha value is -0.290. The van der Waals surface area contributed by atoms with Gasteiger partial charge in [-0.25, -0.2) is 0 Å². The molecule has 1 unspecified atom stereocenters. The molecule has 21 heavy (non-hydrogen) atoms. The van der Waals surface area contributed by atoms with Crippen LogP contribution in [0.5, 0.6) is 0 Å². The summed E-state index contributed by atoms with van der Waals surface area (Å²) in [6.45, 7) is 6.11. The molecular formula is C15H21BrCl2N2O. The van der Waals surface area contributed by atoms with Crippen LogP contribution in [0.4, 0.5) is 0 Å². The van der Waals surface area contributed by atoms with Crippen molar-refractivity contribution in [3.8, 4) is 0 Å². The van der Waals surface area contributed by atoms with Gasteiger partial charge in [-0.15, -0.1) is 12.4 Å². The molecule has 1 aromatic rings. The van der Waals surface area contributed by atoms with Crippen LogP contribution < -0.4 is 10.6 Å². The van der Waals surface area contributed by atoms with Crippen molar-refractivity contribution in [3.05, 3.63) is 33.3 Å². The summed E-state index contributed by atoms with van der Waals surface area (Å²) in [4.78, 5) is 12.2. The van der Waals surface area contributed by atoms with Gasteiger partial charge in [0.05, 0.1) is 10.6 Å². The molecule has 1 amide bonds. The van der Waals surface area contributed by atoms with Gasteiger partial charge < -0.3 is 10.6 Å². The summed E-state index contributed by atoms with van der Waals surface area (Å²) in [5.41, 5.74) is 0.710. The Morgan fingerprint density at radius 3 is 2.90 bits per heavy atom. The van der Waals surface area contributed by atoms with E-state index in [-0.39, 0.29) is 23.7 Å². The Kier molecular flexibility index (Phi) is 6.98. The quantitative estimate of drug-likeness (QED) is 0.810. The second-order valence-electron chi connectivity index (χ2n) is 5.93. The van der Waals surface area contributed by atoms with Gasteiger partial charge in [-0.2, -0.15) is 0 Å². The molecular weight excluding hydrogens is 375 g/mol. The fraction of sp³-hybridized carbons (Fsp3) is 0.533. The second kappa shape index (κ2) is 7.82.